The second kappa shape index (κ2) is 7.49. The van der Waals surface area contributed by atoms with Crippen LogP contribution in [-0.2, 0) is 0 Å². The van der Waals surface area contributed by atoms with E-state index in [-0.39, 0.29) is 17.4 Å². The summed E-state index contributed by atoms with van der Waals surface area (Å²) in [6, 6.07) is 15.7. The molecule has 25 heavy (non-hydrogen) atoms. The van der Waals surface area contributed by atoms with Crippen LogP contribution in [0.25, 0.3) is 0 Å². The molecule has 1 unspecified atom stereocenters. The molecule has 5 heteroatoms. The number of carbonyl (C=O) groups excluding carboxylic acids is 1. The van der Waals surface area contributed by atoms with Crippen LogP contribution < -0.4 is 0 Å². The SMILES string of the molecule is O=C(O)c1cccc(C(=O)N2CCC(C(O)c3ccccc3)CC2)c1. The summed E-state index contributed by atoms with van der Waals surface area (Å²) in [6.45, 7) is 1.12. The van der Waals surface area contributed by atoms with E-state index in [1.54, 1.807) is 17.0 Å². The summed E-state index contributed by atoms with van der Waals surface area (Å²) >= 11 is 0. The number of nitrogens with zero attached hydrogens (tertiary/aromatic N) is 1. The topological polar surface area (TPSA) is 77.8 Å². The molecule has 0 bridgehead atoms. The number of rotatable bonds is 4. The zero-order valence-electron chi connectivity index (χ0n) is 13.8. The lowest BCUT2D eigenvalue weighted by molar-refractivity contribution is 0.0462. The molecule has 1 aliphatic heterocycles. The van der Waals surface area contributed by atoms with Crippen molar-refractivity contribution in [2.75, 3.05) is 13.1 Å². The number of carbonyl (C=O) groups is 2. The van der Waals surface area contributed by atoms with E-state index in [0.29, 0.717) is 18.7 Å². The van der Waals surface area contributed by atoms with Gasteiger partial charge in [-0.15, -0.1) is 0 Å². The van der Waals surface area contributed by atoms with E-state index in [2.05, 4.69) is 0 Å². The Bertz CT molecular complexity index is 751. The number of amides is 1. The van der Waals surface area contributed by atoms with Gasteiger partial charge in [0.2, 0.25) is 0 Å². The monoisotopic (exact) mass is 339 g/mol. The van der Waals surface area contributed by atoms with Crippen molar-refractivity contribution in [3.8, 4) is 0 Å². The van der Waals surface area contributed by atoms with Crippen LogP contribution in [0.5, 0.6) is 0 Å². The molecule has 1 fully saturated rings. The number of piperidine rings is 1. The third kappa shape index (κ3) is 3.88. The molecule has 1 saturated heterocycles. The maximum Gasteiger partial charge on any atom is 0.335 e. The number of carboxylic acids is 1. The molecular formula is C20H21NO4. The lowest BCUT2D eigenvalue weighted by Crippen LogP contribution is -2.39. The quantitative estimate of drug-likeness (QED) is 0.898. The smallest absolute Gasteiger partial charge is 0.335 e. The number of carboxylic acid groups (broad SMARTS) is 1. The molecule has 1 heterocycles. The summed E-state index contributed by atoms with van der Waals surface area (Å²) in [5.74, 6) is -1.08. The zero-order valence-corrected chi connectivity index (χ0v) is 13.8. The lowest BCUT2D eigenvalue weighted by Gasteiger charge is -2.34. The highest BCUT2D eigenvalue weighted by Crippen LogP contribution is 2.31. The first-order chi connectivity index (χ1) is 12.1. The second-order valence-electron chi connectivity index (χ2n) is 6.37. The van der Waals surface area contributed by atoms with Crippen LogP contribution in [0.1, 0.15) is 45.2 Å². The fourth-order valence-electron chi connectivity index (χ4n) is 3.31. The number of hydrogen-bond donors (Lipinski definition) is 2. The average Bonchev–Trinajstić information content (AvgIpc) is 2.67. The molecule has 2 aromatic rings. The Morgan fingerprint density at radius 3 is 2.24 bits per heavy atom. The van der Waals surface area contributed by atoms with Gasteiger partial charge in [0.25, 0.3) is 5.91 Å². The van der Waals surface area contributed by atoms with Gasteiger partial charge >= 0.3 is 5.97 Å². The second-order valence-corrected chi connectivity index (χ2v) is 6.37. The van der Waals surface area contributed by atoms with E-state index in [1.807, 2.05) is 30.3 Å². The minimum atomic E-state index is -1.04. The van der Waals surface area contributed by atoms with Crippen molar-refractivity contribution in [2.24, 2.45) is 5.92 Å². The average molecular weight is 339 g/mol. The van der Waals surface area contributed by atoms with Gasteiger partial charge in [0.1, 0.15) is 0 Å². The molecule has 0 aromatic heterocycles. The third-order valence-electron chi connectivity index (χ3n) is 4.77. The van der Waals surface area contributed by atoms with Gasteiger partial charge in [0, 0.05) is 18.7 Å². The highest BCUT2D eigenvalue weighted by molar-refractivity contribution is 5.97. The fraction of sp³-hybridized carbons (Fsp3) is 0.300. The maximum absolute atomic E-state index is 12.6. The van der Waals surface area contributed by atoms with Crippen LogP contribution in [-0.4, -0.2) is 40.1 Å². The molecule has 2 N–H and O–H groups in total. The van der Waals surface area contributed by atoms with Gasteiger partial charge in [-0.2, -0.15) is 0 Å². The summed E-state index contributed by atoms with van der Waals surface area (Å²) in [5, 5.41) is 19.6. The third-order valence-corrected chi connectivity index (χ3v) is 4.77. The Morgan fingerprint density at radius 1 is 0.960 bits per heavy atom. The molecule has 3 rings (SSSR count). The van der Waals surface area contributed by atoms with Crippen molar-refractivity contribution in [3.05, 3.63) is 71.3 Å². The van der Waals surface area contributed by atoms with Crippen LogP contribution in [0.15, 0.2) is 54.6 Å². The van der Waals surface area contributed by atoms with Gasteiger partial charge in [-0.3, -0.25) is 4.79 Å². The largest absolute Gasteiger partial charge is 0.478 e. The molecule has 0 saturated carbocycles. The zero-order chi connectivity index (χ0) is 17.8. The maximum atomic E-state index is 12.6. The Morgan fingerprint density at radius 2 is 1.60 bits per heavy atom. The summed E-state index contributed by atoms with van der Waals surface area (Å²) in [7, 11) is 0. The predicted molar refractivity (Wildman–Crippen MR) is 93.4 cm³/mol. The summed E-state index contributed by atoms with van der Waals surface area (Å²) in [4.78, 5) is 25.4. The molecule has 0 aliphatic carbocycles. The first-order valence-electron chi connectivity index (χ1n) is 8.42. The molecule has 5 nitrogen and oxygen atoms in total. The van der Waals surface area contributed by atoms with Crippen molar-refractivity contribution in [1.82, 2.24) is 4.90 Å². The van der Waals surface area contributed by atoms with Crippen molar-refractivity contribution in [2.45, 2.75) is 18.9 Å². The van der Waals surface area contributed by atoms with Crippen molar-refractivity contribution in [3.63, 3.8) is 0 Å². The van der Waals surface area contributed by atoms with Gasteiger partial charge in [0.15, 0.2) is 0 Å². The molecule has 130 valence electrons. The molecule has 1 aliphatic rings. The number of aliphatic hydroxyl groups is 1. The van der Waals surface area contributed by atoms with Crippen LogP contribution in [0.2, 0.25) is 0 Å². The standard InChI is InChI=1S/C20H21NO4/c22-18(14-5-2-1-3-6-14)15-9-11-21(12-10-15)19(23)16-7-4-8-17(13-16)20(24)25/h1-8,13,15,18,22H,9-12H2,(H,24,25). The van der Waals surface area contributed by atoms with Crippen molar-refractivity contribution < 1.29 is 19.8 Å². The first kappa shape index (κ1) is 17.2. The minimum absolute atomic E-state index is 0.111. The van der Waals surface area contributed by atoms with Crippen molar-refractivity contribution in [1.29, 1.82) is 0 Å². The van der Waals surface area contributed by atoms with Crippen molar-refractivity contribution >= 4 is 11.9 Å². The normalized spacial score (nSPS) is 16.4. The summed E-state index contributed by atoms with van der Waals surface area (Å²) < 4.78 is 0. The van der Waals surface area contributed by atoms with Crippen LogP contribution in [0.3, 0.4) is 0 Å². The molecule has 1 atom stereocenters. The Kier molecular flexibility index (Phi) is 5.14. The van der Waals surface area contributed by atoms with E-state index in [1.165, 1.54) is 12.1 Å². The van der Waals surface area contributed by atoms with Gasteiger partial charge in [-0.25, -0.2) is 4.79 Å². The molecule has 0 radical (unpaired) electrons. The molecular weight excluding hydrogens is 318 g/mol. The van der Waals surface area contributed by atoms with Gasteiger partial charge in [-0.1, -0.05) is 36.4 Å². The van der Waals surface area contributed by atoms with Gasteiger partial charge in [0.05, 0.1) is 11.7 Å². The lowest BCUT2D eigenvalue weighted by atomic mass is 9.87. The van der Waals surface area contributed by atoms with E-state index < -0.39 is 12.1 Å². The van der Waals surface area contributed by atoms with Gasteiger partial charge < -0.3 is 15.1 Å². The van der Waals surface area contributed by atoms with Crippen LogP contribution in [0, 0.1) is 5.92 Å². The van der Waals surface area contributed by atoms with Gasteiger partial charge in [-0.05, 0) is 42.5 Å². The van der Waals surface area contributed by atoms with Crippen LogP contribution >= 0.6 is 0 Å². The number of hydrogen-bond acceptors (Lipinski definition) is 3. The number of aliphatic hydroxyl groups excluding tert-OH is 1. The van der Waals surface area contributed by atoms with E-state index in [4.69, 9.17) is 5.11 Å². The minimum Gasteiger partial charge on any atom is -0.478 e. The van der Waals surface area contributed by atoms with Crippen LogP contribution in [0.4, 0.5) is 0 Å². The van der Waals surface area contributed by atoms with E-state index >= 15 is 0 Å². The predicted octanol–water partition coefficient (Wildman–Crippen LogP) is 2.97. The Hall–Kier alpha value is -2.66. The number of likely N-dealkylation sites (tertiary alicyclic amines) is 1. The number of aromatic carboxylic acids is 1. The Labute approximate surface area is 146 Å². The molecule has 0 spiro atoms. The molecule has 1 amide bonds. The highest BCUT2D eigenvalue weighted by atomic mass is 16.4. The first-order valence-corrected chi connectivity index (χ1v) is 8.42. The Balaban J connectivity index is 1.63. The fourth-order valence-corrected chi connectivity index (χ4v) is 3.31. The number of benzene rings is 2. The van der Waals surface area contributed by atoms with E-state index in [9.17, 15) is 14.7 Å². The molecule has 2 aromatic carbocycles. The highest BCUT2D eigenvalue weighted by Gasteiger charge is 2.28. The summed E-state index contributed by atoms with van der Waals surface area (Å²) in [5.41, 5.74) is 1.41. The van der Waals surface area contributed by atoms with E-state index in [0.717, 1.165) is 18.4 Å². The summed E-state index contributed by atoms with van der Waals surface area (Å²) in [6.07, 6.45) is 0.926.